The van der Waals surface area contributed by atoms with Crippen LogP contribution >= 0.6 is 0 Å². The summed E-state index contributed by atoms with van der Waals surface area (Å²) in [4.78, 5) is 12.9. The molecule has 0 aromatic heterocycles. The number of sulfonamides is 1. The van der Waals surface area contributed by atoms with Crippen molar-refractivity contribution in [2.45, 2.75) is 44.1 Å². The molecule has 8 heteroatoms. The summed E-state index contributed by atoms with van der Waals surface area (Å²) in [5.41, 5.74) is 0.932. The molecule has 1 amide bonds. The Morgan fingerprint density at radius 2 is 1.90 bits per heavy atom. The highest BCUT2D eigenvalue weighted by atomic mass is 32.2. The highest BCUT2D eigenvalue weighted by Gasteiger charge is 2.20. The average molecular weight is 447 g/mol. The van der Waals surface area contributed by atoms with Crippen molar-refractivity contribution in [3.8, 4) is 5.75 Å². The predicted octanol–water partition coefficient (Wildman–Crippen LogP) is 3.82. The van der Waals surface area contributed by atoms with Crippen LogP contribution in [0.4, 0.5) is 5.69 Å². The fraction of sp³-hybridized carbons (Fsp3) is 0.435. The lowest BCUT2D eigenvalue weighted by Gasteiger charge is -2.13. The molecule has 7 nitrogen and oxygen atoms in total. The number of nitrogens with one attached hydrogen (secondary N) is 2. The average Bonchev–Trinajstić information content (AvgIpc) is 3.27. The second-order valence-corrected chi connectivity index (χ2v) is 9.76. The Balaban J connectivity index is 1.61. The summed E-state index contributed by atoms with van der Waals surface area (Å²) in [5, 5.41) is 2.80. The molecule has 1 heterocycles. The first kappa shape index (κ1) is 23.2. The normalized spacial score (nSPS) is 16.4. The van der Waals surface area contributed by atoms with E-state index in [0.717, 1.165) is 19.3 Å². The monoisotopic (exact) mass is 446 g/mol. The lowest BCUT2D eigenvalue weighted by molar-refractivity contribution is 0.102. The van der Waals surface area contributed by atoms with E-state index in [1.54, 1.807) is 30.3 Å². The molecule has 0 bridgehead atoms. The maximum absolute atomic E-state index is 12.7. The topological polar surface area (TPSA) is 93.7 Å². The number of ether oxygens (including phenoxy) is 2. The fourth-order valence-corrected chi connectivity index (χ4v) is 4.26. The maximum atomic E-state index is 12.7. The van der Waals surface area contributed by atoms with E-state index in [0.29, 0.717) is 36.1 Å². The van der Waals surface area contributed by atoms with Crippen LogP contribution in [0.25, 0.3) is 0 Å². The third-order valence-electron chi connectivity index (χ3n) is 5.03. The lowest BCUT2D eigenvalue weighted by atomic mass is 10.1. The number of para-hydroxylation sites is 1. The van der Waals surface area contributed by atoms with Crippen LogP contribution in [-0.4, -0.2) is 40.2 Å². The van der Waals surface area contributed by atoms with E-state index in [1.165, 1.54) is 12.1 Å². The minimum absolute atomic E-state index is 0.0730. The molecule has 1 aliphatic heterocycles. The lowest BCUT2D eigenvalue weighted by Crippen LogP contribution is -2.31. The van der Waals surface area contributed by atoms with Crippen molar-refractivity contribution in [2.75, 3.05) is 25.1 Å². The summed E-state index contributed by atoms with van der Waals surface area (Å²) in [6, 6.07) is 13.2. The zero-order valence-corrected chi connectivity index (χ0v) is 18.8. The molecule has 3 rings (SSSR count). The second kappa shape index (κ2) is 10.7. The smallest absolute Gasteiger partial charge is 0.259 e. The standard InChI is InChI=1S/C23H30N2O5S/c1-17(2)13-15-30-22-8-4-3-7-21(22)23(26)25-18-9-11-20(12-10-18)31(27,28)24-16-19-6-5-14-29-19/h3-4,7-12,17,19,24H,5-6,13-16H2,1-2H3,(H,25,26). The number of amides is 1. The van der Waals surface area contributed by atoms with Crippen LogP contribution in [0.5, 0.6) is 5.75 Å². The molecule has 2 aromatic carbocycles. The van der Waals surface area contributed by atoms with E-state index >= 15 is 0 Å². The van der Waals surface area contributed by atoms with Gasteiger partial charge in [0.2, 0.25) is 10.0 Å². The molecular formula is C23H30N2O5S. The van der Waals surface area contributed by atoms with Crippen molar-refractivity contribution >= 4 is 21.6 Å². The van der Waals surface area contributed by atoms with Crippen LogP contribution in [0.1, 0.15) is 43.5 Å². The van der Waals surface area contributed by atoms with Crippen molar-refractivity contribution in [1.29, 1.82) is 0 Å². The zero-order chi connectivity index (χ0) is 22.3. The van der Waals surface area contributed by atoms with E-state index in [2.05, 4.69) is 23.9 Å². The minimum atomic E-state index is -3.63. The molecule has 1 aliphatic rings. The summed E-state index contributed by atoms with van der Waals surface area (Å²) >= 11 is 0. The number of carbonyl (C=O) groups is 1. The Kier molecular flexibility index (Phi) is 8.06. The second-order valence-electron chi connectivity index (χ2n) is 7.99. The molecular weight excluding hydrogens is 416 g/mol. The minimum Gasteiger partial charge on any atom is -0.493 e. The largest absolute Gasteiger partial charge is 0.493 e. The van der Waals surface area contributed by atoms with Crippen molar-refractivity contribution in [2.24, 2.45) is 5.92 Å². The van der Waals surface area contributed by atoms with Gasteiger partial charge in [0.25, 0.3) is 5.91 Å². The van der Waals surface area contributed by atoms with Gasteiger partial charge in [-0.25, -0.2) is 13.1 Å². The summed E-state index contributed by atoms with van der Waals surface area (Å²) in [7, 11) is -3.63. The molecule has 168 valence electrons. The predicted molar refractivity (Wildman–Crippen MR) is 120 cm³/mol. The number of rotatable bonds is 10. The molecule has 0 spiro atoms. The van der Waals surface area contributed by atoms with Gasteiger partial charge in [-0.2, -0.15) is 0 Å². The number of hydrogen-bond donors (Lipinski definition) is 2. The van der Waals surface area contributed by atoms with E-state index in [1.807, 2.05) is 6.07 Å². The van der Waals surface area contributed by atoms with Gasteiger partial charge in [-0.3, -0.25) is 4.79 Å². The molecule has 2 aromatic rings. The van der Waals surface area contributed by atoms with Crippen molar-refractivity contribution in [1.82, 2.24) is 4.72 Å². The summed E-state index contributed by atoms with van der Waals surface area (Å²) in [6.07, 6.45) is 2.63. The summed E-state index contributed by atoms with van der Waals surface area (Å²) < 4.78 is 38.7. The summed E-state index contributed by atoms with van der Waals surface area (Å²) in [5.74, 6) is 0.724. The van der Waals surface area contributed by atoms with Gasteiger partial charge in [0.05, 0.1) is 23.2 Å². The molecule has 0 aliphatic carbocycles. The molecule has 1 fully saturated rings. The van der Waals surface area contributed by atoms with Gasteiger partial charge in [-0.1, -0.05) is 26.0 Å². The zero-order valence-electron chi connectivity index (χ0n) is 18.0. The number of anilines is 1. The van der Waals surface area contributed by atoms with Crippen LogP contribution in [0, 0.1) is 5.92 Å². The molecule has 1 saturated heterocycles. The van der Waals surface area contributed by atoms with Crippen LogP contribution in [0.15, 0.2) is 53.4 Å². The molecule has 0 saturated carbocycles. The third kappa shape index (κ3) is 6.78. The van der Waals surface area contributed by atoms with Crippen molar-refractivity contribution in [3.05, 3.63) is 54.1 Å². The van der Waals surface area contributed by atoms with Gasteiger partial charge in [0.1, 0.15) is 5.75 Å². The van der Waals surface area contributed by atoms with Gasteiger partial charge in [0.15, 0.2) is 0 Å². The van der Waals surface area contributed by atoms with Gasteiger partial charge < -0.3 is 14.8 Å². The van der Waals surface area contributed by atoms with Crippen molar-refractivity contribution < 1.29 is 22.7 Å². The van der Waals surface area contributed by atoms with Crippen LogP contribution in [-0.2, 0) is 14.8 Å². The van der Waals surface area contributed by atoms with Gasteiger partial charge in [0, 0.05) is 18.8 Å². The molecule has 31 heavy (non-hydrogen) atoms. The van der Waals surface area contributed by atoms with Gasteiger partial charge in [-0.05, 0) is 61.6 Å². The Morgan fingerprint density at radius 3 is 2.58 bits per heavy atom. The first-order chi connectivity index (χ1) is 14.8. The first-order valence-electron chi connectivity index (χ1n) is 10.6. The fourth-order valence-electron chi connectivity index (χ4n) is 3.19. The number of benzene rings is 2. The number of hydrogen-bond acceptors (Lipinski definition) is 5. The van der Waals surface area contributed by atoms with Crippen molar-refractivity contribution in [3.63, 3.8) is 0 Å². The third-order valence-corrected chi connectivity index (χ3v) is 6.47. The highest BCUT2D eigenvalue weighted by molar-refractivity contribution is 7.89. The highest BCUT2D eigenvalue weighted by Crippen LogP contribution is 2.21. The van der Waals surface area contributed by atoms with E-state index in [4.69, 9.17) is 9.47 Å². The van der Waals surface area contributed by atoms with Crippen LogP contribution < -0.4 is 14.8 Å². The SMILES string of the molecule is CC(C)CCOc1ccccc1C(=O)Nc1ccc(S(=O)(=O)NCC2CCCO2)cc1. The van der Waals surface area contributed by atoms with E-state index in [9.17, 15) is 13.2 Å². The maximum Gasteiger partial charge on any atom is 0.259 e. The molecule has 2 N–H and O–H groups in total. The van der Waals surface area contributed by atoms with E-state index in [-0.39, 0.29) is 23.5 Å². The van der Waals surface area contributed by atoms with Gasteiger partial charge in [-0.15, -0.1) is 0 Å². The first-order valence-corrected chi connectivity index (χ1v) is 12.1. The van der Waals surface area contributed by atoms with E-state index < -0.39 is 10.0 Å². The molecule has 1 unspecified atom stereocenters. The molecule has 1 atom stereocenters. The Bertz CT molecular complexity index is 968. The van der Waals surface area contributed by atoms with Crippen LogP contribution in [0.2, 0.25) is 0 Å². The Morgan fingerprint density at radius 1 is 1.16 bits per heavy atom. The van der Waals surface area contributed by atoms with Crippen LogP contribution in [0.3, 0.4) is 0 Å². The Hall–Kier alpha value is -2.42. The van der Waals surface area contributed by atoms with Gasteiger partial charge >= 0.3 is 0 Å². The summed E-state index contributed by atoms with van der Waals surface area (Å²) in [6.45, 7) is 5.70. The quantitative estimate of drug-likeness (QED) is 0.579. The molecule has 0 radical (unpaired) electrons. The Labute approximate surface area is 184 Å². The number of carbonyl (C=O) groups excluding carboxylic acids is 1.